The summed E-state index contributed by atoms with van der Waals surface area (Å²) < 4.78 is 1.03. The number of carbonyl (C=O) groups excluding carboxylic acids is 1. The summed E-state index contributed by atoms with van der Waals surface area (Å²) in [6.07, 6.45) is 3.38. The van der Waals surface area contributed by atoms with Crippen LogP contribution in [0.4, 0.5) is 0 Å². The van der Waals surface area contributed by atoms with E-state index in [2.05, 4.69) is 35.0 Å². The molecular formula is C15H21BrN2O. The highest BCUT2D eigenvalue weighted by atomic mass is 79.9. The first-order chi connectivity index (χ1) is 9.13. The van der Waals surface area contributed by atoms with E-state index in [1.165, 1.54) is 0 Å². The molecule has 1 saturated heterocycles. The minimum Gasteiger partial charge on any atom is -0.334 e. The molecule has 19 heavy (non-hydrogen) atoms. The molecular weight excluding hydrogens is 304 g/mol. The van der Waals surface area contributed by atoms with Crippen molar-refractivity contribution in [3.05, 3.63) is 34.3 Å². The fourth-order valence-corrected chi connectivity index (χ4v) is 3.22. The van der Waals surface area contributed by atoms with Crippen molar-refractivity contribution in [3.63, 3.8) is 0 Å². The number of carbonyl (C=O) groups is 1. The van der Waals surface area contributed by atoms with Crippen LogP contribution in [-0.2, 0) is 4.79 Å². The molecule has 0 saturated carbocycles. The van der Waals surface area contributed by atoms with Crippen molar-refractivity contribution in [3.8, 4) is 0 Å². The number of hydrogen-bond acceptors (Lipinski definition) is 2. The van der Waals surface area contributed by atoms with Gasteiger partial charge in [0.1, 0.15) is 0 Å². The number of halogens is 1. The van der Waals surface area contributed by atoms with Crippen LogP contribution in [0.25, 0.3) is 0 Å². The molecule has 1 aromatic rings. The predicted molar refractivity (Wildman–Crippen MR) is 80.7 cm³/mol. The third-order valence-electron chi connectivity index (χ3n) is 3.64. The van der Waals surface area contributed by atoms with Gasteiger partial charge in [-0.25, -0.2) is 0 Å². The maximum Gasteiger partial charge on any atom is 0.223 e. The maximum absolute atomic E-state index is 12.3. The van der Waals surface area contributed by atoms with Gasteiger partial charge in [-0.05, 0) is 37.0 Å². The fraction of sp³-hybridized carbons (Fsp3) is 0.533. The van der Waals surface area contributed by atoms with Crippen molar-refractivity contribution in [1.82, 2.24) is 4.90 Å². The molecule has 1 heterocycles. The topological polar surface area (TPSA) is 46.3 Å². The summed E-state index contributed by atoms with van der Waals surface area (Å²) in [5.41, 5.74) is 7.46. The number of benzene rings is 1. The molecule has 2 atom stereocenters. The zero-order valence-electron chi connectivity index (χ0n) is 11.3. The average molecular weight is 325 g/mol. The fourth-order valence-electron chi connectivity index (χ4n) is 2.80. The lowest BCUT2D eigenvalue weighted by atomic mass is 9.96. The van der Waals surface area contributed by atoms with Gasteiger partial charge >= 0.3 is 0 Å². The summed E-state index contributed by atoms with van der Waals surface area (Å²) in [5, 5.41) is 0. The molecule has 2 rings (SSSR count). The Morgan fingerprint density at radius 2 is 2.26 bits per heavy atom. The highest BCUT2D eigenvalue weighted by molar-refractivity contribution is 9.10. The standard InChI is InChI=1S/C15H21BrN2O/c1-2-9-18-14(19)8-4-7-13(17)15(18)11-5-3-6-12(16)10-11/h3,5-6,10,13,15H,2,4,7-9,17H2,1H3. The van der Waals surface area contributed by atoms with E-state index in [1.54, 1.807) is 0 Å². The van der Waals surface area contributed by atoms with E-state index in [9.17, 15) is 4.79 Å². The minimum absolute atomic E-state index is 0.00690. The van der Waals surface area contributed by atoms with Crippen molar-refractivity contribution in [2.45, 2.75) is 44.7 Å². The molecule has 1 aliphatic rings. The van der Waals surface area contributed by atoms with Gasteiger partial charge in [-0.1, -0.05) is 35.0 Å². The summed E-state index contributed by atoms with van der Waals surface area (Å²) in [6, 6.07) is 8.17. The molecule has 4 heteroatoms. The lowest BCUT2D eigenvalue weighted by molar-refractivity contribution is -0.133. The maximum atomic E-state index is 12.3. The highest BCUT2D eigenvalue weighted by Gasteiger charge is 2.32. The van der Waals surface area contributed by atoms with Gasteiger partial charge in [0.25, 0.3) is 0 Å². The lowest BCUT2D eigenvalue weighted by Gasteiger charge is -2.34. The van der Waals surface area contributed by atoms with Crippen LogP contribution in [0.15, 0.2) is 28.7 Å². The van der Waals surface area contributed by atoms with Crippen LogP contribution in [0, 0.1) is 0 Å². The van der Waals surface area contributed by atoms with Crippen molar-refractivity contribution in [1.29, 1.82) is 0 Å². The van der Waals surface area contributed by atoms with E-state index in [1.807, 2.05) is 17.0 Å². The number of amides is 1. The van der Waals surface area contributed by atoms with Gasteiger partial charge in [-0.15, -0.1) is 0 Å². The Morgan fingerprint density at radius 3 is 2.95 bits per heavy atom. The van der Waals surface area contributed by atoms with E-state index >= 15 is 0 Å². The molecule has 1 amide bonds. The SMILES string of the molecule is CCCN1C(=O)CCCC(N)C1c1cccc(Br)c1. The summed E-state index contributed by atoms with van der Waals surface area (Å²) in [7, 11) is 0. The molecule has 0 aromatic heterocycles. The summed E-state index contributed by atoms with van der Waals surface area (Å²) in [4.78, 5) is 14.2. The van der Waals surface area contributed by atoms with E-state index in [0.717, 1.165) is 35.8 Å². The molecule has 1 aliphatic heterocycles. The van der Waals surface area contributed by atoms with Crippen LogP contribution in [0.1, 0.15) is 44.2 Å². The summed E-state index contributed by atoms with van der Waals surface area (Å²) in [5.74, 6) is 0.236. The van der Waals surface area contributed by atoms with Gasteiger partial charge in [0.15, 0.2) is 0 Å². The molecule has 0 radical (unpaired) electrons. The Bertz CT molecular complexity index is 450. The van der Waals surface area contributed by atoms with Gasteiger partial charge in [-0.3, -0.25) is 4.79 Å². The van der Waals surface area contributed by atoms with Gasteiger partial charge in [0, 0.05) is 23.5 Å². The number of likely N-dealkylation sites (tertiary alicyclic amines) is 1. The van der Waals surface area contributed by atoms with Gasteiger partial charge in [-0.2, -0.15) is 0 Å². The molecule has 0 aliphatic carbocycles. The van der Waals surface area contributed by atoms with Crippen molar-refractivity contribution >= 4 is 21.8 Å². The number of rotatable bonds is 3. The average Bonchev–Trinajstić information content (AvgIpc) is 2.50. The number of nitrogens with zero attached hydrogens (tertiary/aromatic N) is 1. The van der Waals surface area contributed by atoms with Crippen LogP contribution >= 0.6 is 15.9 Å². The van der Waals surface area contributed by atoms with E-state index < -0.39 is 0 Å². The molecule has 1 fully saturated rings. The number of nitrogens with two attached hydrogens (primary N) is 1. The molecule has 1 aromatic carbocycles. The zero-order chi connectivity index (χ0) is 13.8. The van der Waals surface area contributed by atoms with Crippen LogP contribution in [0.2, 0.25) is 0 Å². The first-order valence-corrected chi connectivity index (χ1v) is 7.73. The Kier molecular flexibility index (Phi) is 4.99. The first kappa shape index (κ1) is 14.5. The quantitative estimate of drug-likeness (QED) is 0.927. The predicted octanol–water partition coefficient (Wildman–Crippen LogP) is 3.24. The monoisotopic (exact) mass is 324 g/mol. The van der Waals surface area contributed by atoms with E-state index in [0.29, 0.717) is 6.42 Å². The second-order valence-corrected chi connectivity index (χ2v) is 6.06. The van der Waals surface area contributed by atoms with E-state index in [4.69, 9.17) is 5.73 Å². The van der Waals surface area contributed by atoms with Crippen LogP contribution in [0.5, 0.6) is 0 Å². The lowest BCUT2D eigenvalue weighted by Crippen LogP contribution is -2.42. The third kappa shape index (κ3) is 3.37. The van der Waals surface area contributed by atoms with Gasteiger partial charge in [0.2, 0.25) is 5.91 Å². The van der Waals surface area contributed by atoms with Crippen molar-refractivity contribution in [2.75, 3.05) is 6.54 Å². The van der Waals surface area contributed by atoms with Gasteiger partial charge in [0.05, 0.1) is 6.04 Å². The van der Waals surface area contributed by atoms with Crippen LogP contribution in [-0.4, -0.2) is 23.4 Å². The van der Waals surface area contributed by atoms with Crippen molar-refractivity contribution in [2.24, 2.45) is 5.73 Å². The van der Waals surface area contributed by atoms with Gasteiger partial charge < -0.3 is 10.6 Å². The molecule has 104 valence electrons. The Labute approximate surface area is 123 Å². The normalized spacial score (nSPS) is 24.4. The molecule has 3 nitrogen and oxygen atoms in total. The molecule has 2 N–H and O–H groups in total. The summed E-state index contributed by atoms with van der Waals surface area (Å²) in [6.45, 7) is 2.88. The smallest absolute Gasteiger partial charge is 0.223 e. The van der Waals surface area contributed by atoms with E-state index in [-0.39, 0.29) is 18.0 Å². The zero-order valence-corrected chi connectivity index (χ0v) is 12.9. The largest absolute Gasteiger partial charge is 0.334 e. The van der Waals surface area contributed by atoms with Crippen LogP contribution in [0.3, 0.4) is 0 Å². The second-order valence-electron chi connectivity index (χ2n) is 5.14. The van der Waals surface area contributed by atoms with Crippen molar-refractivity contribution < 1.29 is 4.79 Å². The Hall–Kier alpha value is -0.870. The first-order valence-electron chi connectivity index (χ1n) is 6.94. The summed E-state index contributed by atoms with van der Waals surface area (Å²) >= 11 is 3.50. The van der Waals surface area contributed by atoms with Crippen LogP contribution < -0.4 is 5.73 Å². The molecule has 0 bridgehead atoms. The Balaban J connectivity index is 2.37. The third-order valence-corrected chi connectivity index (χ3v) is 4.14. The Morgan fingerprint density at radius 1 is 1.47 bits per heavy atom. The second kappa shape index (κ2) is 6.53. The number of hydrogen-bond donors (Lipinski definition) is 1. The highest BCUT2D eigenvalue weighted by Crippen LogP contribution is 2.31. The molecule has 2 unspecified atom stereocenters. The minimum atomic E-state index is 0.00690. The molecule has 0 spiro atoms.